The van der Waals surface area contributed by atoms with E-state index in [2.05, 4.69) is 5.32 Å². The minimum absolute atomic E-state index is 0.0161. The predicted molar refractivity (Wildman–Crippen MR) is 138 cm³/mol. The van der Waals surface area contributed by atoms with E-state index in [0.717, 1.165) is 23.1 Å². The minimum atomic E-state index is -0.932. The number of aryl methyl sites for hydroxylation is 1. The number of nitro groups is 2. The summed E-state index contributed by atoms with van der Waals surface area (Å²) in [5.74, 6) is -1.99. The molecular weight excluding hydrogens is 536 g/mol. The fourth-order valence-electron chi connectivity index (χ4n) is 3.69. The highest BCUT2D eigenvalue weighted by molar-refractivity contribution is 6.39. The molecule has 0 aromatic heterocycles. The normalized spacial score (nSPS) is 14.3. The van der Waals surface area contributed by atoms with Crippen LogP contribution >= 0.6 is 11.6 Å². The third-order valence-corrected chi connectivity index (χ3v) is 5.82. The average Bonchev–Trinajstić information content (AvgIpc) is 2.89. The molecule has 13 nitrogen and oxygen atoms in total. The van der Waals surface area contributed by atoms with Crippen molar-refractivity contribution < 1.29 is 33.7 Å². The zero-order valence-corrected chi connectivity index (χ0v) is 20.9. The first kappa shape index (κ1) is 26.8. The Morgan fingerprint density at radius 3 is 2.31 bits per heavy atom. The predicted octanol–water partition coefficient (Wildman–Crippen LogP) is 4.93. The number of imide groups is 2. The molecule has 0 saturated carbocycles. The molecule has 1 saturated heterocycles. The molecule has 0 radical (unpaired) electrons. The Labute approximate surface area is 224 Å². The number of amides is 4. The number of nitrogens with zero attached hydrogens (tertiary/aromatic N) is 3. The number of hydrogen-bond acceptors (Lipinski definition) is 9. The summed E-state index contributed by atoms with van der Waals surface area (Å²) in [6.45, 7) is 1.67. The number of non-ortho nitro benzene ring substituents is 1. The van der Waals surface area contributed by atoms with Crippen LogP contribution in [0.25, 0.3) is 6.08 Å². The van der Waals surface area contributed by atoms with Gasteiger partial charge in [0.1, 0.15) is 5.57 Å². The van der Waals surface area contributed by atoms with Crippen LogP contribution in [0.5, 0.6) is 17.2 Å². The van der Waals surface area contributed by atoms with Crippen LogP contribution in [-0.2, 0) is 9.59 Å². The Balaban J connectivity index is 1.69. The highest BCUT2D eigenvalue weighted by Gasteiger charge is 2.37. The molecule has 1 heterocycles. The molecule has 1 N–H and O–H groups in total. The van der Waals surface area contributed by atoms with Crippen molar-refractivity contribution >= 4 is 52.6 Å². The van der Waals surface area contributed by atoms with Gasteiger partial charge in [-0.15, -0.1) is 0 Å². The summed E-state index contributed by atoms with van der Waals surface area (Å²) in [6, 6.07) is 10.8. The maximum absolute atomic E-state index is 13.2. The van der Waals surface area contributed by atoms with Crippen molar-refractivity contribution in [3.8, 4) is 17.2 Å². The first-order chi connectivity index (χ1) is 18.5. The van der Waals surface area contributed by atoms with Crippen LogP contribution < -0.4 is 19.7 Å². The Hall–Kier alpha value is -5.30. The topological polar surface area (TPSA) is 171 Å². The van der Waals surface area contributed by atoms with Crippen LogP contribution in [-0.4, -0.2) is 34.8 Å². The van der Waals surface area contributed by atoms with Gasteiger partial charge in [0.15, 0.2) is 11.5 Å². The molecule has 14 heteroatoms. The van der Waals surface area contributed by atoms with E-state index in [1.165, 1.54) is 37.5 Å². The summed E-state index contributed by atoms with van der Waals surface area (Å²) in [5.41, 5.74) is -0.403. The van der Waals surface area contributed by atoms with E-state index >= 15 is 0 Å². The number of carbonyl (C=O) groups is 3. The zero-order chi connectivity index (χ0) is 28.4. The van der Waals surface area contributed by atoms with E-state index in [1.807, 2.05) is 0 Å². The molecule has 39 heavy (non-hydrogen) atoms. The number of benzene rings is 3. The first-order valence-electron chi connectivity index (χ1n) is 11.0. The van der Waals surface area contributed by atoms with Crippen LogP contribution in [0.4, 0.5) is 21.9 Å². The van der Waals surface area contributed by atoms with E-state index in [4.69, 9.17) is 21.1 Å². The lowest BCUT2D eigenvalue weighted by atomic mass is 10.1. The van der Waals surface area contributed by atoms with Gasteiger partial charge in [-0.05, 0) is 54.5 Å². The summed E-state index contributed by atoms with van der Waals surface area (Å²) in [5, 5.41) is 24.8. The standard InChI is InChI=1S/C25H17ClN4O9/c1-13-3-5-15(26)11-18(13)28-24(32)17(23(31)27-25(28)33)9-14-4-7-21(22(10-14)38-2)39-20-8-6-16(29(34)35)12-19(20)30(36)37/h3-12H,1-2H3,(H,27,31,33)/b17-9+. The van der Waals surface area contributed by atoms with Crippen LogP contribution in [0.2, 0.25) is 5.02 Å². The number of rotatable bonds is 7. The molecule has 0 atom stereocenters. The van der Waals surface area contributed by atoms with Crippen molar-refractivity contribution in [1.82, 2.24) is 5.32 Å². The molecule has 1 aliphatic rings. The maximum Gasteiger partial charge on any atom is 0.335 e. The number of halogens is 1. The lowest BCUT2D eigenvalue weighted by molar-refractivity contribution is -0.394. The smallest absolute Gasteiger partial charge is 0.335 e. The van der Waals surface area contributed by atoms with Crippen LogP contribution in [0, 0.1) is 27.2 Å². The van der Waals surface area contributed by atoms with Crippen LogP contribution in [0.1, 0.15) is 11.1 Å². The van der Waals surface area contributed by atoms with E-state index in [1.54, 1.807) is 19.1 Å². The molecule has 0 spiro atoms. The molecule has 198 valence electrons. The van der Waals surface area contributed by atoms with Gasteiger partial charge in [-0.2, -0.15) is 0 Å². The molecule has 3 aromatic rings. The molecule has 0 bridgehead atoms. The van der Waals surface area contributed by atoms with Crippen molar-refractivity contribution in [3.05, 3.63) is 96.5 Å². The van der Waals surface area contributed by atoms with Gasteiger partial charge < -0.3 is 9.47 Å². The Morgan fingerprint density at radius 1 is 0.923 bits per heavy atom. The van der Waals surface area contributed by atoms with E-state index < -0.39 is 39.1 Å². The second-order valence-corrected chi connectivity index (χ2v) is 8.50. The van der Waals surface area contributed by atoms with Gasteiger partial charge in [-0.1, -0.05) is 23.7 Å². The third kappa shape index (κ3) is 5.38. The van der Waals surface area contributed by atoms with Crippen molar-refractivity contribution in [2.45, 2.75) is 6.92 Å². The quantitative estimate of drug-likeness (QED) is 0.184. The van der Waals surface area contributed by atoms with E-state index in [9.17, 15) is 34.6 Å². The number of nitrogens with one attached hydrogen (secondary N) is 1. The highest BCUT2D eigenvalue weighted by atomic mass is 35.5. The second kappa shape index (κ2) is 10.6. The molecular formula is C25H17ClN4O9. The highest BCUT2D eigenvalue weighted by Crippen LogP contribution is 2.39. The lowest BCUT2D eigenvalue weighted by Crippen LogP contribution is -2.54. The fraction of sp³-hybridized carbons (Fsp3) is 0.0800. The van der Waals surface area contributed by atoms with Gasteiger partial charge in [-0.25, -0.2) is 9.69 Å². The van der Waals surface area contributed by atoms with E-state index in [0.29, 0.717) is 11.1 Å². The molecule has 1 fully saturated rings. The summed E-state index contributed by atoms with van der Waals surface area (Å²) in [7, 11) is 1.30. The van der Waals surface area contributed by atoms with Crippen LogP contribution in [0.15, 0.2) is 60.2 Å². The van der Waals surface area contributed by atoms with Gasteiger partial charge >= 0.3 is 11.7 Å². The average molecular weight is 553 g/mol. The van der Waals surface area contributed by atoms with E-state index in [-0.39, 0.29) is 33.5 Å². The largest absolute Gasteiger partial charge is 0.493 e. The van der Waals surface area contributed by atoms with Crippen molar-refractivity contribution in [2.24, 2.45) is 0 Å². The van der Waals surface area contributed by atoms with Gasteiger partial charge in [0.25, 0.3) is 17.5 Å². The van der Waals surface area contributed by atoms with Crippen molar-refractivity contribution in [1.29, 1.82) is 0 Å². The summed E-state index contributed by atoms with van der Waals surface area (Å²) in [4.78, 5) is 59.9. The first-order valence-corrected chi connectivity index (χ1v) is 11.3. The number of barbiturate groups is 1. The number of ether oxygens (including phenoxy) is 2. The van der Waals surface area contributed by atoms with Gasteiger partial charge in [0, 0.05) is 11.1 Å². The number of nitro benzene ring substituents is 2. The van der Waals surface area contributed by atoms with Gasteiger partial charge in [0.2, 0.25) is 5.75 Å². The summed E-state index contributed by atoms with van der Waals surface area (Å²) < 4.78 is 10.9. The Bertz CT molecular complexity index is 1600. The number of methoxy groups -OCH3 is 1. The molecule has 0 aliphatic carbocycles. The Morgan fingerprint density at radius 2 is 1.64 bits per heavy atom. The second-order valence-electron chi connectivity index (χ2n) is 8.07. The Kier molecular flexibility index (Phi) is 7.27. The molecule has 4 amide bonds. The minimum Gasteiger partial charge on any atom is -0.493 e. The number of urea groups is 1. The van der Waals surface area contributed by atoms with Crippen molar-refractivity contribution in [2.75, 3.05) is 12.0 Å². The van der Waals surface area contributed by atoms with Gasteiger partial charge in [0.05, 0.1) is 28.7 Å². The molecule has 3 aromatic carbocycles. The lowest BCUT2D eigenvalue weighted by Gasteiger charge is -2.27. The molecule has 0 unspecified atom stereocenters. The summed E-state index contributed by atoms with van der Waals surface area (Å²) in [6.07, 6.45) is 1.23. The number of carbonyl (C=O) groups excluding carboxylic acids is 3. The maximum atomic E-state index is 13.2. The zero-order valence-electron chi connectivity index (χ0n) is 20.2. The monoisotopic (exact) mass is 552 g/mol. The molecule has 4 rings (SSSR count). The fourth-order valence-corrected chi connectivity index (χ4v) is 3.86. The van der Waals surface area contributed by atoms with Crippen molar-refractivity contribution in [3.63, 3.8) is 0 Å². The van der Waals surface area contributed by atoms with Crippen LogP contribution in [0.3, 0.4) is 0 Å². The number of anilines is 1. The number of hydrogen-bond donors (Lipinski definition) is 1. The SMILES string of the molecule is COc1cc(/C=C2\C(=O)NC(=O)N(c3cc(Cl)ccc3C)C2=O)ccc1Oc1ccc([N+](=O)[O-])cc1[N+](=O)[O-]. The molecule has 1 aliphatic heterocycles. The van der Waals surface area contributed by atoms with Gasteiger partial charge in [-0.3, -0.25) is 35.1 Å². The summed E-state index contributed by atoms with van der Waals surface area (Å²) >= 11 is 6.04. The third-order valence-electron chi connectivity index (χ3n) is 5.58.